The molecule has 4 heterocycles. The van der Waals surface area contributed by atoms with Crippen LogP contribution >= 0.6 is 11.5 Å². The van der Waals surface area contributed by atoms with Crippen LogP contribution in [0.25, 0.3) is 0 Å². The smallest absolute Gasteiger partial charge is 0.280 e. The summed E-state index contributed by atoms with van der Waals surface area (Å²) < 4.78 is 30.3. The van der Waals surface area contributed by atoms with Crippen LogP contribution in [0.2, 0.25) is 0 Å². The molecule has 5 nitrogen and oxygen atoms in total. The number of fused-ring (bicyclic) bond motifs is 1. The molecule has 4 rings (SSSR count). The zero-order valence-corrected chi connectivity index (χ0v) is 13.7. The van der Waals surface area contributed by atoms with Crippen molar-refractivity contribution in [3.8, 4) is 0 Å². The zero-order valence-electron chi connectivity index (χ0n) is 12.9. The van der Waals surface area contributed by atoms with Crippen LogP contribution < -0.4 is 10.2 Å². The molecule has 1 unspecified atom stereocenters. The summed E-state index contributed by atoms with van der Waals surface area (Å²) in [5, 5.41) is 4.40. The monoisotopic (exact) mass is 337 g/mol. The van der Waals surface area contributed by atoms with Gasteiger partial charge in [-0.1, -0.05) is 0 Å². The van der Waals surface area contributed by atoms with E-state index in [1.807, 2.05) is 6.92 Å². The van der Waals surface area contributed by atoms with Gasteiger partial charge in [-0.15, -0.1) is 0 Å². The molecule has 0 radical (unpaired) electrons. The third-order valence-corrected chi connectivity index (χ3v) is 5.65. The Kier molecular flexibility index (Phi) is 3.53. The van der Waals surface area contributed by atoms with Gasteiger partial charge in [-0.2, -0.15) is 4.37 Å². The van der Waals surface area contributed by atoms with Crippen LogP contribution in [0.15, 0.2) is 6.33 Å². The van der Waals surface area contributed by atoms with E-state index in [4.69, 9.17) is 0 Å². The fourth-order valence-corrected chi connectivity index (χ4v) is 4.10. The van der Waals surface area contributed by atoms with E-state index in [9.17, 15) is 8.78 Å². The Hall–Kier alpha value is -1.67. The van der Waals surface area contributed by atoms with Crippen molar-refractivity contribution >= 4 is 16.7 Å². The van der Waals surface area contributed by atoms with E-state index in [2.05, 4.69) is 24.6 Å². The Morgan fingerprint density at radius 2 is 2.09 bits per heavy atom. The number of rotatable bonds is 3. The lowest BCUT2D eigenvalue weighted by molar-refractivity contribution is 0.145. The van der Waals surface area contributed by atoms with Crippen molar-refractivity contribution in [2.75, 3.05) is 18.0 Å². The van der Waals surface area contributed by atoms with Gasteiger partial charge < -0.3 is 10.2 Å². The first-order valence-corrected chi connectivity index (χ1v) is 8.36. The molecule has 2 aromatic heterocycles. The van der Waals surface area contributed by atoms with Crippen LogP contribution in [0.1, 0.15) is 40.5 Å². The standard InChI is InChI=1S/C15H17F2N5S/c1-7-8(2)12(14(16)17)21-10-3-18-13(11(7)10)9-4-22(5-9)15-19-6-20-23-15/h6,9,13-14,18H,3-5H2,1-2H3. The molecule has 0 aliphatic carbocycles. The van der Waals surface area contributed by atoms with E-state index >= 15 is 0 Å². The molecule has 1 N–H and O–H groups in total. The summed E-state index contributed by atoms with van der Waals surface area (Å²) in [6.07, 6.45) is -0.950. The quantitative estimate of drug-likeness (QED) is 0.933. The first-order chi connectivity index (χ1) is 11.1. The summed E-state index contributed by atoms with van der Waals surface area (Å²) in [4.78, 5) is 10.6. The SMILES string of the molecule is Cc1c(C(F)F)nc2c(c1C)C(C1CN(c3ncns3)C1)NC2. The molecule has 1 saturated heterocycles. The summed E-state index contributed by atoms with van der Waals surface area (Å²) in [7, 11) is 0. The second kappa shape index (κ2) is 5.45. The number of aromatic nitrogens is 3. The van der Waals surface area contributed by atoms with Crippen LogP contribution in [0.4, 0.5) is 13.9 Å². The molecule has 0 amide bonds. The van der Waals surface area contributed by atoms with E-state index in [-0.39, 0.29) is 11.7 Å². The Bertz CT molecular complexity index is 728. The van der Waals surface area contributed by atoms with E-state index in [0.717, 1.165) is 35.0 Å². The zero-order chi connectivity index (χ0) is 16.1. The fourth-order valence-electron chi connectivity index (χ4n) is 3.56. The fraction of sp³-hybridized carbons (Fsp3) is 0.533. The largest absolute Gasteiger partial charge is 0.346 e. The Morgan fingerprint density at radius 3 is 2.74 bits per heavy atom. The minimum atomic E-state index is -2.52. The minimum absolute atomic E-state index is 0.0761. The predicted octanol–water partition coefficient (Wildman–Crippen LogP) is 2.77. The number of halogens is 2. The van der Waals surface area contributed by atoms with Crippen molar-refractivity contribution in [2.24, 2.45) is 5.92 Å². The summed E-state index contributed by atoms with van der Waals surface area (Å²) in [6, 6.07) is 0.187. The average molecular weight is 337 g/mol. The summed E-state index contributed by atoms with van der Waals surface area (Å²) >= 11 is 1.40. The van der Waals surface area contributed by atoms with E-state index < -0.39 is 6.43 Å². The molecule has 1 fully saturated rings. The highest BCUT2D eigenvalue weighted by atomic mass is 32.1. The highest BCUT2D eigenvalue weighted by Gasteiger charge is 2.40. The lowest BCUT2D eigenvalue weighted by Gasteiger charge is -2.42. The molecule has 0 aromatic carbocycles. The van der Waals surface area contributed by atoms with Crippen LogP contribution in [-0.2, 0) is 6.54 Å². The second-order valence-electron chi connectivity index (χ2n) is 6.16. The predicted molar refractivity (Wildman–Crippen MR) is 83.9 cm³/mol. The van der Waals surface area contributed by atoms with Crippen LogP contribution in [0.3, 0.4) is 0 Å². The number of anilines is 1. The van der Waals surface area contributed by atoms with Crippen molar-refractivity contribution in [1.82, 2.24) is 19.7 Å². The summed E-state index contributed by atoms with van der Waals surface area (Å²) in [5.74, 6) is 0.442. The molecule has 2 aliphatic rings. The maximum absolute atomic E-state index is 13.1. The van der Waals surface area contributed by atoms with Gasteiger partial charge in [0.15, 0.2) is 0 Å². The van der Waals surface area contributed by atoms with Gasteiger partial charge in [0.2, 0.25) is 5.13 Å². The lowest BCUT2D eigenvalue weighted by Crippen LogP contribution is -2.51. The Morgan fingerprint density at radius 1 is 1.30 bits per heavy atom. The molecule has 23 heavy (non-hydrogen) atoms. The molecule has 2 aromatic rings. The Balaban J connectivity index is 1.58. The van der Waals surface area contributed by atoms with Gasteiger partial charge in [0, 0.05) is 43.1 Å². The van der Waals surface area contributed by atoms with Crippen molar-refractivity contribution in [2.45, 2.75) is 32.9 Å². The first kappa shape index (κ1) is 14.9. The van der Waals surface area contributed by atoms with Gasteiger partial charge in [0.1, 0.15) is 12.0 Å². The van der Waals surface area contributed by atoms with Gasteiger partial charge in [0.05, 0.1) is 5.69 Å². The molecule has 0 saturated carbocycles. The second-order valence-corrected chi connectivity index (χ2v) is 6.91. The van der Waals surface area contributed by atoms with Crippen LogP contribution in [0.5, 0.6) is 0 Å². The van der Waals surface area contributed by atoms with E-state index in [1.165, 1.54) is 11.5 Å². The average Bonchev–Trinajstić information content (AvgIpc) is 3.11. The van der Waals surface area contributed by atoms with Crippen molar-refractivity contribution in [3.05, 3.63) is 34.4 Å². The maximum atomic E-state index is 13.1. The number of hydrogen-bond donors (Lipinski definition) is 1. The molecular formula is C15H17F2N5S. The highest BCUT2D eigenvalue weighted by Crippen LogP contribution is 2.40. The highest BCUT2D eigenvalue weighted by molar-refractivity contribution is 7.09. The normalized spacial score (nSPS) is 20.9. The van der Waals surface area contributed by atoms with Crippen LogP contribution in [-0.4, -0.2) is 27.4 Å². The Labute approximate surface area is 136 Å². The number of nitrogens with one attached hydrogen (secondary N) is 1. The molecule has 122 valence electrons. The van der Waals surface area contributed by atoms with Crippen LogP contribution in [0, 0.1) is 19.8 Å². The van der Waals surface area contributed by atoms with Gasteiger partial charge in [-0.3, -0.25) is 0 Å². The van der Waals surface area contributed by atoms with E-state index in [0.29, 0.717) is 18.0 Å². The maximum Gasteiger partial charge on any atom is 0.280 e. The molecule has 0 bridgehead atoms. The minimum Gasteiger partial charge on any atom is -0.346 e. The molecule has 1 atom stereocenters. The summed E-state index contributed by atoms with van der Waals surface area (Å²) in [5.41, 5.74) is 3.40. The number of hydrogen-bond acceptors (Lipinski definition) is 6. The topological polar surface area (TPSA) is 53.9 Å². The van der Waals surface area contributed by atoms with Crippen molar-refractivity contribution in [1.29, 1.82) is 0 Å². The van der Waals surface area contributed by atoms with Crippen molar-refractivity contribution < 1.29 is 8.78 Å². The van der Waals surface area contributed by atoms with Gasteiger partial charge in [-0.25, -0.2) is 18.7 Å². The third kappa shape index (κ3) is 2.31. The molecule has 0 spiro atoms. The first-order valence-electron chi connectivity index (χ1n) is 7.59. The number of pyridine rings is 1. The molecular weight excluding hydrogens is 320 g/mol. The molecule has 2 aliphatic heterocycles. The third-order valence-electron chi connectivity index (χ3n) is 4.93. The number of nitrogens with zero attached hydrogens (tertiary/aromatic N) is 4. The van der Waals surface area contributed by atoms with Gasteiger partial charge in [0.25, 0.3) is 6.43 Å². The summed E-state index contributed by atoms with van der Waals surface area (Å²) in [6.45, 7) is 6.05. The van der Waals surface area contributed by atoms with E-state index in [1.54, 1.807) is 13.3 Å². The molecule has 8 heteroatoms. The lowest BCUT2D eigenvalue weighted by atomic mass is 9.85. The van der Waals surface area contributed by atoms with Gasteiger partial charge >= 0.3 is 0 Å². The van der Waals surface area contributed by atoms with Crippen molar-refractivity contribution in [3.63, 3.8) is 0 Å². The number of alkyl halides is 2. The van der Waals surface area contributed by atoms with Gasteiger partial charge in [-0.05, 0) is 30.5 Å².